The molecule has 2 aromatic rings. The van der Waals surface area contributed by atoms with Crippen molar-refractivity contribution in [2.45, 2.75) is 32.1 Å². The van der Waals surface area contributed by atoms with Gasteiger partial charge in [-0.1, -0.05) is 35.9 Å². The molecule has 1 saturated heterocycles. The topological polar surface area (TPSA) is 45.2 Å². The van der Waals surface area contributed by atoms with Gasteiger partial charge in [-0.25, -0.2) is 4.98 Å². The summed E-state index contributed by atoms with van der Waals surface area (Å²) < 4.78 is 0. The lowest BCUT2D eigenvalue weighted by Crippen LogP contribution is -2.25. The predicted octanol–water partition coefficient (Wildman–Crippen LogP) is 3.54. The second kappa shape index (κ2) is 8.90. The Morgan fingerprint density at radius 1 is 1.20 bits per heavy atom. The van der Waals surface area contributed by atoms with E-state index in [0.29, 0.717) is 12.3 Å². The van der Waals surface area contributed by atoms with Crippen LogP contribution in [0.1, 0.15) is 29.5 Å². The fourth-order valence-corrected chi connectivity index (χ4v) is 3.77. The Morgan fingerprint density at radius 2 is 2.04 bits per heavy atom. The number of rotatable bonds is 7. The van der Waals surface area contributed by atoms with Crippen LogP contribution in [-0.2, 0) is 17.1 Å². The Bertz CT molecular complexity index is 696. The standard InChI is InChI=1S/C20H25N3OS/c1-16-5-4-6-17(11-16)14-25-15-20(24)22-13-18-7-8-19(21-12-18)23-9-2-3-10-23/h4-8,11-12H,2-3,9-10,13-15H2,1H3,(H,22,24). The van der Waals surface area contributed by atoms with Crippen molar-refractivity contribution in [3.63, 3.8) is 0 Å². The maximum atomic E-state index is 12.0. The molecule has 25 heavy (non-hydrogen) atoms. The maximum absolute atomic E-state index is 12.0. The van der Waals surface area contributed by atoms with Crippen LogP contribution in [0.2, 0.25) is 0 Å². The van der Waals surface area contributed by atoms with Crippen molar-refractivity contribution in [2.75, 3.05) is 23.7 Å². The minimum absolute atomic E-state index is 0.0706. The molecular formula is C20H25N3OS. The molecule has 1 fully saturated rings. The summed E-state index contributed by atoms with van der Waals surface area (Å²) in [5, 5.41) is 2.97. The van der Waals surface area contributed by atoms with E-state index >= 15 is 0 Å². The van der Waals surface area contributed by atoms with Gasteiger partial charge in [0.1, 0.15) is 5.82 Å². The van der Waals surface area contributed by atoms with E-state index in [0.717, 1.165) is 30.2 Å². The van der Waals surface area contributed by atoms with E-state index in [1.165, 1.54) is 24.0 Å². The quantitative estimate of drug-likeness (QED) is 0.825. The molecule has 2 heterocycles. The molecule has 0 spiro atoms. The largest absolute Gasteiger partial charge is 0.357 e. The first-order chi connectivity index (χ1) is 12.2. The lowest BCUT2D eigenvalue weighted by Gasteiger charge is -2.16. The summed E-state index contributed by atoms with van der Waals surface area (Å²) in [5.41, 5.74) is 3.56. The Labute approximate surface area is 154 Å². The molecule has 5 heteroatoms. The van der Waals surface area contributed by atoms with Crippen molar-refractivity contribution < 1.29 is 4.79 Å². The molecule has 1 N–H and O–H groups in total. The minimum atomic E-state index is 0.0706. The number of anilines is 1. The Hall–Kier alpha value is -2.01. The number of nitrogens with zero attached hydrogens (tertiary/aromatic N) is 2. The van der Waals surface area contributed by atoms with Gasteiger partial charge in [0.2, 0.25) is 5.91 Å². The van der Waals surface area contributed by atoms with Crippen molar-refractivity contribution >= 4 is 23.5 Å². The van der Waals surface area contributed by atoms with Gasteiger partial charge in [0.05, 0.1) is 5.75 Å². The third-order valence-electron chi connectivity index (χ3n) is 4.31. The van der Waals surface area contributed by atoms with Gasteiger partial charge in [-0.05, 0) is 37.0 Å². The number of benzene rings is 1. The van der Waals surface area contributed by atoms with Crippen molar-refractivity contribution in [1.82, 2.24) is 10.3 Å². The number of pyridine rings is 1. The summed E-state index contributed by atoms with van der Waals surface area (Å²) in [5.74, 6) is 2.46. The molecule has 1 aromatic carbocycles. The highest BCUT2D eigenvalue weighted by Gasteiger charge is 2.13. The Morgan fingerprint density at radius 3 is 2.76 bits per heavy atom. The van der Waals surface area contributed by atoms with E-state index in [9.17, 15) is 4.79 Å². The lowest BCUT2D eigenvalue weighted by atomic mass is 10.2. The van der Waals surface area contributed by atoms with Crippen molar-refractivity contribution in [2.24, 2.45) is 0 Å². The predicted molar refractivity (Wildman–Crippen MR) is 105 cm³/mol. The average molecular weight is 356 g/mol. The van der Waals surface area contributed by atoms with E-state index in [4.69, 9.17) is 0 Å². The molecule has 1 aliphatic heterocycles. The molecule has 0 unspecified atom stereocenters. The average Bonchev–Trinajstić information content (AvgIpc) is 3.15. The molecule has 3 rings (SSSR count). The highest BCUT2D eigenvalue weighted by atomic mass is 32.2. The molecule has 0 aliphatic carbocycles. The van der Waals surface area contributed by atoms with Crippen LogP contribution < -0.4 is 10.2 Å². The number of carbonyl (C=O) groups is 1. The molecule has 1 aromatic heterocycles. The first-order valence-electron chi connectivity index (χ1n) is 8.80. The van der Waals surface area contributed by atoms with Crippen LogP contribution in [0.25, 0.3) is 0 Å². The number of aromatic nitrogens is 1. The normalized spacial score (nSPS) is 13.9. The molecule has 132 valence electrons. The van der Waals surface area contributed by atoms with Gasteiger partial charge in [0, 0.05) is 31.6 Å². The molecule has 0 saturated carbocycles. The smallest absolute Gasteiger partial charge is 0.230 e. The molecule has 1 aliphatic rings. The van der Waals surface area contributed by atoms with Crippen molar-refractivity contribution in [1.29, 1.82) is 0 Å². The van der Waals surface area contributed by atoms with Gasteiger partial charge in [0.15, 0.2) is 0 Å². The van der Waals surface area contributed by atoms with Gasteiger partial charge in [0.25, 0.3) is 0 Å². The fourth-order valence-electron chi connectivity index (χ4n) is 2.97. The van der Waals surface area contributed by atoms with Gasteiger partial charge in [-0.2, -0.15) is 0 Å². The van der Waals surface area contributed by atoms with Gasteiger partial charge < -0.3 is 10.2 Å². The summed E-state index contributed by atoms with van der Waals surface area (Å²) in [6.45, 7) is 4.82. The van der Waals surface area contributed by atoms with Crippen LogP contribution in [-0.4, -0.2) is 29.7 Å². The second-order valence-corrected chi connectivity index (χ2v) is 7.46. The summed E-state index contributed by atoms with van der Waals surface area (Å²) in [6, 6.07) is 12.5. The molecule has 4 nitrogen and oxygen atoms in total. The van der Waals surface area contributed by atoms with Crippen molar-refractivity contribution in [3.8, 4) is 0 Å². The number of hydrogen-bond donors (Lipinski definition) is 1. The minimum Gasteiger partial charge on any atom is -0.357 e. The lowest BCUT2D eigenvalue weighted by molar-refractivity contribution is -0.118. The van der Waals surface area contributed by atoms with Crippen LogP contribution in [0.4, 0.5) is 5.82 Å². The van der Waals surface area contributed by atoms with Crippen LogP contribution in [0.5, 0.6) is 0 Å². The first-order valence-corrected chi connectivity index (χ1v) is 9.96. The zero-order chi connectivity index (χ0) is 17.5. The fraction of sp³-hybridized carbons (Fsp3) is 0.400. The number of nitrogens with one attached hydrogen (secondary N) is 1. The molecule has 0 radical (unpaired) electrons. The van der Waals surface area contributed by atoms with E-state index < -0.39 is 0 Å². The third kappa shape index (κ3) is 5.49. The Kier molecular flexibility index (Phi) is 6.34. The monoisotopic (exact) mass is 355 g/mol. The van der Waals surface area contributed by atoms with Crippen LogP contribution >= 0.6 is 11.8 Å². The highest BCUT2D eigenvalue weighted by molar-refractivity contribution is 7.99. The second-order valence-electron chi connectivity index (χ2n) is 6.48. The summed E-state index contributed by atoms with van der Waals surface area (Å²) in [7, 11) is 0. The number of aryl methyl sites for hydroxylation is 1. The third-order valence-corrected chi connectivity index (χ3v) is 5.32. The SMILES string of the molecule is Cc1cccc(CSCC(=O)NCc2ccc(N3CCCC3)nc2)c1. The highest BCUT2D eigenvalue weighted by Crippen LogP contribution is 2.17. The maximum Gasteiger partial charge on any atom is 0.230 e. The van der Waals surface area contributed by atoms with Crippen LogP contribution in [0.15, 0.2) is 42.6 Å². The molecular weight excluding hydrogens is 330 g/mol. The Balaban J connectivity index is 1.38. The van der Waals surface area contributed by atoms with Gasteiger partial charge in [-0.15, -0.1) is 11.8 Å². The summed E-state index contributed by atoms with van der Waals surface area (Å²) in [6.07, 6.45) is 4.37. The van der Waals surface area contributed by atoms with Crippen LogP contribution in [0, 0.1) is 6.92 Å². The van der Waals surface area contributed by atoms with Crippen molar-refractivity contribution in [3.05, 3.63) is 59.3 Å². The molecule has 1 amide bonds. The number of carbonyl (C=O) groups excluding carboxylic acids is 1. The van der Waals surface area contributed by atoms with Gasteiger partial charge >= 0.3 is 0 Å². The van der Waals surface area contributed by atoms with Crippen LogP contribution in [0.3, 0.4) is 0 Å². The number of thioether (sulfide) groups is 1. The summed E-state index contributed by atoms with van der Waals surface area (Å²) in [4.78, 5) is 18.8. The number of amides is 1. The van der Waals surface area contributed by atoms with E-state index in [1.54, 1.807) is 11.8 Å². The zero-order valence-electron chi connectivity index (χ0n) is 14.7. The van der Waals surface area contributed by atoms with E-state index in [2.05, 4.69) is 58.5 Å². The molecule has 0 bridgehead atoms. The van der Waals surface area contributed by atoms with Gasteiger partial charge in [-0.3, -0.25) is 4.79 Å². The zero-order valence-corrected chi connectivity index (χ0v) is 15.5. The van der Waals surface area contributed by atoms with E-state index in [-0.39, 0.29) is 5.91 Å². The molecule has 0 atom stereocenters. The summed E-state index contributed by atoms with van der Waals surface area (Å²) >= 11 is 1.64. The number of hydrogen-bond acceptors (Lipinski definition) is 4. The van der Waals surface area contributed by atoms with E-state index in [1.807, 2.05) is 6.20 Å². The first kappa shape index (κ1) is 17.8.